The summed E-state index contributed by atoms with van der Waals surface area (Å²) < 4.78 is 0. The number of nitrogens with one attached hydrogen (secondary N) is 1. The van der Waals surface area contributed by atoms with Crippen molar-refractivity contribution < 1.29 is 4.79 Å². The van der Waals surface area contributed by atoms with Gasteiger partial charge in [0.1, 0.15) is 11.3 Å². The van der Waals surface area contributed by atoms with E-state index in [0.29, 0.717) is 24.0 Å². The molecule has 1 amide bonds. The number of hydrogen-bond acceptors (Lipinski definition) is 5. The van der Waals surface area contributed by atoms with Crippen molar-refractivity contribution in [2.75, 3.05) is 18.4 Å². The minimum absolute atomic E-state index is 0.276. The van der Waals surface area contributed by atoms with Gasteiger partial charge in [-0.25, -0.2) is 9.97 Å². The quantitative estimate of drug-likeness (QED) is 0.939. The number of aromatic nitrogens is 3. The third-order valence-electron chi connectivity index (χ3n) is 4.11. The SMILES string of the molecule is CC(C)CC(=O)N1CCC(Nc2ccc3nccnc3n2)CC1. The smallest absolute Gasteiger partial charge is 0.222 e. The van der Waals surface area contributed by atoms with E-state index < -0.39 is 0 Å². The van der Waals surface area contributed by atoms with E-state index in [0.717, 1.165) is 37.3 Å². The number of rotatable bonds is 4. The van der Waals surface area contributed by atoms with Gasteiger partial charge in [-0.15, -0.1) is 0 Å². The lowest BCUT2D eigenvalue weighted by atomic mass is 10.0. The van der Waals surface area contributed by atoms with Crippen LogP contribution in [0.15, 0.2) is 24.5 Å². The molecule has 1 N–H and O–H groups in total. The summed E-state index contributed by atoms with van der Waals surface area (Å²) in [6, 6.07) is 4.21. The Morgan fingerprint density at radius 2 is 2.00 bits per heavy atom. The molecule has 0 aliphatic carbocycles. The van der Waals surface area contributed by atoms with Crippen LogP contribution in [0.5, 0.6) is 0 Å². The summed E-state index contributed by atoms with van der Waals surface area (Å²) in [7, 11) is 0. The van der Waals surface area contributed by atoms with Crippen LogP contribution in [0.3, 0.4) is 0 Å². The Kier molecular flexibility index (Phi) is 4.69. The fraction of sp³-hybridized carbons (Fsp3) is 0.529. The van der Waals surface area contributed by atoms with E-state index in [2.05, 4.69) is 34.1 Å². The van der Waals surface area contributed by atoms with Crippen LogP contribution in [-0.4, -0.2) is 44.9 Å². The number of anilines is 1. The monoisotopic (exact) mass is 313 g/mol. The highest BCUT2D eigenvalue weighted by Crippen LogP contribution is 2.18. The maximum atomic E-state index is 12.1. The number of carbonyl (C=O) groups is 1. The minimum atomic E-state index is 0.276. The van der Waals surface area contributed by atoms with Gasteiger partial charge in [0.2, 0.25) is 5.91 Å². The summed E-state index contributed by atoms with van der Waals surface area (Å²) in [5.74, 6) is 1.52. The molecule has 2 aromatic rings. The van der Waals surface area contributed by atoms with E-state index in [9.17, 15) is 4.79 Å². The molecule has 3 heterocycles. The van der Waals surface area contributed by atoms with Crippen LogP contribution in [0, 0.1) is 5.92 Å². The van der Waals surface area contributed by atoms with Gasteiger partial charge >= 0.3 is 0 Å². The molecular formula is C17H23N5O. The maximum absolute atomic E-state index is 12.1. The number of nitrogens with zero attached hydrogens (tertiary/aromatic N) is 4. The fourth-order valence-corrected chi connectivity index (χ4v) is 2.90. The lowest BCUT2D eigenvalue weighted by Gasteiger charge is -2.33. The van der Waals surface area contributed by atoms with Gasteiger partial charge in [0.25, 0.3) is 0 Å². The molecule has 1 aliphatic rings. The predicted molar refractivity (Wildman–Crippen MR) is 90.0 cm³/mol. The van der Waals surface area contributed by atoms with Crippen molar-refractivity contribution in [3.63, 3.8) is 0 Å². The van der Waals surface area contributed by atoms with Crippen molar-refractivity contribution in [2.24, 2.45) is 5.92 Å². The highest BCUT2D eigenvalue weighted by molar-refractivity contribution is 5.76. The Hall–Kier alpha value is -2.24. The molecular weight excluding hydrogens is 290 g/mol. The second kappa shape index (κ2) is 6.89. The first-order valence-electron chi connectivity index (χ1n) is 8.24. The van der Waals surface area contributed by atoms with Crippen molar-refractivity contribution in [2.45, 2.75) is 39.2 Å². The van der Waals surface area contributed by atoms with Crippen LogP contribution in [0.25, 0.3) is 11.2 Å². The van der Waals surface area contributed by atoms with Gasteiger partial charge in [0, 0.05) is 37.9 Å². The number of carbonyl (C=O) groups excluding carboxylic acids is 1. The zero-order chi connectivity index (χ0) is 16.2. The molecule has 0 spiro atoms. The van der Waals surface area contributed by atoms with Crippen molar-refractivity contribution in [1.29, 1.82) is 0 Å². The van der Waals surface area contributed by atoms with Gasteiger partial charge in [-0.2, -0.15) is 0 Å². The molecule has 23 heavy (non-hydrogen) atoms. The lowest BCUT2D eigenvalue weighted by molar-refractivity contribution is -0.132. The molecule has 0 unspecified atom stereocenters. The Morgan fingerprint density at radius 1 is 1.26 bits per heavy atom. The first-order valence-corrected chi connectivity index (χ1v) is 8.24. The molecule has 1 aliphatic heterocycles. The molecule has 2 aromatic heterocycles. The molecule has 1 saturated heterocycles. The topological polar surface area (TPSA) is 71.0 Å². The predicted octanol–water partition coefficient (Wildman–Crippen LogP) is 2.47. The van der Waals surface area contributed by atoms with Crippen molar-refractivity contribution >= 4 is 22.9 Å². The molecule has 0 radical (unpaired) electrons. The third kappa shape index (κ3) is 3.94. The molecule has 3 rings (SSSR count). The molecule has 122 valence electrons. The molecule has 0 atom stereocenters. The highest BCUT2D eigenvalue weighted by Gasteiger charge is 2.23. The van der Waals surface area contributed by atoms with E-state index in [1.807, 2.05) is 17.0 Å². The Bertz CT molecular complexity index is 679. The average Bonchev–Trinajstić information content (AvgIpc) is 2.55. The normalized spacial score (nSPS) is 16.0. The van der Waals surface area contributed by atoms with Gasteiger partial charge in [0.15, 0.2) is 5.65 Å². The molecule has 0 saturated carbocycles. The number of amides is 1. The fourth-order valence-electron chi connectivity index (χ4n) is 2.90. The number of pyridine rings is 1. The van der Waals surface area contributed by atoms with Crippen molar-refractivity contribution in [3.05, 3.63) is 24.5 Å². The largest absolute Gasteiger partial charge is 0.367 e. The zero-order valence-electron chi connectivity index (χ0n) is 13.7. The Labute approximate surface area is 136 Å². The van der Waals surface area contributed by atoms with Gasteiger partial charge in [0.05, 0.1) is 0 Å². The summed E-state index contributed by atoms with van der Waals surface area (Å²) in [6.45, 7) is 5.80. The number of likely N-dealkylation sites (tertiary alicyclic amines) is 1. The Balaban J connectivity index is 1.56. The average molecular weight is 313 g/mol. The summed E-state index contributed by atoms with van der Waals surface area (Å²) >= 11 is 0. The van der Waals surface area contributed by atoms with Crippen molar-refractivity contribution in [3.8, 4) is 0 Å². The van der Waals surface area contributed by atoms with Gasteiger partial charge in [-0.05, 0) is 30.9 Å². The summed E-state index contributed by atoms with van der Waals surface area (Å²) in [5, 5.41) is 3.46. The molecule has 1 fully saturated rings. The van der Waals surface area contributed by atoms with E-state index in [1.54, 1.807) is 12.4 Å². The molecule has 0 aromatic carbocycles. The van der Waals surface area contributed by atoms with E-state index in [4.69, 9.17) is 0 Å². The molecule has 0 bridgehead atoms. The highest BCUT2D eigenvalue weighted by atomic mass is 16.2. The lowest BCUT2D eigenvalue weighted by Crippen LogP contribution is -2.42. The van der Waals surface area contributed by atoms with Gasteiger partial charge < -0.3 is 10.2 Å². The summed E-state index contributed by atoms with van der Waals surface area (Å²) in [6.07, 6.45) is 5.86. The molecule has 6 heteroatoms. The standard InChI is InChI=1S/C17H23N5O/c1-12(2)11-16(23)22-9-5-13(6-10-22)20-15-4-3-14-17(21-15)19-8-7-18-14/h3-4,7-8,12-13H,5-6,9-11H2,1-2H3,(H,19,20,21). The Morgan fingerprint density at radius 3 is 2.74 bits per heavy atom. The summed E-state index contributed by atoms with van der Waals surface area (Å²) in [4.78, 5) is 27.0. The first-order chi connectivity index (χ1) is 11.1. The van der Waals surface area contributed by atoms with Crippen LogP contribution in [0.2, 0.25) is 0 Å². The van der Waals surface area contributed by atoms with E-state index in [1.165, 1.54) is 0 Å². The molecule has 6 nitrogen and oxygen atoms in total. The van der Waals surface area contributed by atoms with Crippen LogP contribution in [-0.2, 0) is 4.79 Å². The van der Waals surface area contributed by atoms with E-state index in [-0.39, 0.29) is 5.91 Å². The van der Waals surface area contributed by atoms with Crippen LogP contribution >= 0.6 is 0 Å². The van der Waals surface area contributed by atoms with Gasteiger partial charge in [-0.3, -0.25) is 9.78 Å². The van der Waals surface area contributed by atoms with Crippen LogP contribution in [0.1, 0.15) is 33.1 Å². The van der Waals surface area contributed by atoms with E-state index >= 15 is 0 Å². The van der Waals surface area contributed by atoms with Crippen molar-refractivity contribution in [1.82, 2.24) is 19.9 Å². The van der Waals surface area contributed by atoms with Gasteiger partial charge in [-0.1, -0.05) is 13.8 Å². The summed E-state index contributed by atoms with van der Waals surface area (Å²) in [5.41, 5.74) is 1.45. The second-order valence-electron chi connectivity index (χ2n) is 6.49. The minimum Gasteiger partial charge on any atom is -0.367 e. The zero-order valence-corrected chi connectivity index (χ0v) is 13.7. The number of hydrogen-bond donors (Lipinski definition) is 1. The van der Waals surface area contributed by atoms with Crippen LogP contribution in [0.4, 0.5) is 5.82 Å². The second-order valence-corrected chi connectivity index (χ2v) is 6.49. The van der Waals surface area contributed by atoms with Crippen LogP contribution < -0.4 is 5.32 Å². The third-order valence-corrected chi connectivity index (χ3v) is 4.11. The first kappa shape index (κ1) is 15.6. The maximum Gasteiger partial charge on any atom is 0.222 e. The number of piperidine rings is 1. The number of fused-ring (bicyclic) bond motifs is 1.